The van der Waals surface area contributed by atoms with Gasteiger partial charge in [-0.15, -0.1) is 0 Å². The van der Waals surface area contributed by atoms with Crippen molar-refractivity contribution in [3.05, 3.63) is 47.3 Å². The van der Waals surface area contributed by atoms with Crippen LogP contribution in [0.4, 0.5) is 11.6 Å². The highest BCUT2D eigenvalue weighted by Crippen LogP contribution is 2.36. The average Bonchev–Trinajstić information content (AvgIpc) is 2.96. The Morgan fingerprint density at radius 3 is 2.58 bits per heavy atom. The number of hydrogen-bond donors (Lipinski definition) is 0. The van der Waals surface area contributed by atoms with Crippen LogP contribution in [0.3, 0.4) is 0 Å². The number of amides is 1. The van der Waals surface area contributed by atoms with E-state index < -0.39 is 0 Å². The van der Waals surface area contributed by atoms with Crippen molar-refractivity contribution in [3.63, 3.8) is 0 Å². The second-order valence-electron chi connectivity index (χ2n) is 7.04. The zero-order valence-corrected chi connectivity index (χ0v) is 16.2. The molecular formula is C21H28N4O. The second kappa shape index (κ2) is 7.85. The zero-order chi connectivity index (χ0) is 18.7. The van der Waals surface area contributed by atoms with Gasteiger partial charge in [0.05, 0.1) is 0 Å². The summed E-state index contributed by atoms with van der Waals surface area (Å²) in [6.45, 7) is 9.80. The van der Waals surface area contributed by atoms with Crippen LogP contribution < -0.4 is 4.90 Å². The molecule has 2 heterocycles. The van der Waals surface area contributed by atoms with Crippen LogP contribution in [-0.4, -0.2) is 39.9 Å². The van der Waals surface area contributed by atoms with Crippen LogP contribution in [-0.2, 0) is 6.42 Å². The van der Waals surface area contributed by atoms with E-state index in [2.05, 4.69) is 53.8 Å². The van der Waals surface area contributed by atoms with Gasteiger partial charge in [-0.3, -0.25) is 4.79 Å². The average molecular weight is 352 g/mol. The summed E-state index contributed by atoms with van der Waals surface area (Å²) in [5, 5.41) is 0. The van der Waals surface area contributed by atoms with E-state index in [4.69, 9.17) is 0 Å². The Balaban J connectivity index is 1.97. The Kier molecular flexibility index (Phi) is 5.55. The smallest absolute Gasteiger partial charge is 0.272 e. The van der Waals surface area contributed by atoms with E-state index in [1.54, 1.807) is 6.07 Å². The summed E-state index contributed by atoms with van der Waals surface area (Å²) < 4.78 is 0. The predicted molar refractivity (Wildman–Crippen MR) is 105 cm³/mol. The van der Waals surface area contributed by atoms with Gasteiger partial charge in [0.15, 0.2) is 0 Å². The Morgan fingerprint density at radius 2 is 1.88 bits per heavy atom. The standard InChI is InChI=1S/C21H28N4O/c1-5-11-24(12-6-2)20(26)18-13-15(3)22-21(23-18)25-16(4)14-17-9-7-8-10-19(17)25/h7-10,13,16H,5-6,11-12,14H2,1-4H3. The van der Waals surface area contributed by atoms with Crippen LogP contribution in [0.15, 0.2) is 30.3 Å². The van der Waals surface area contributed by atoms with Gasteiger partial charge in [-0.25, -0.2) is 9.97 Å². The molecule has 0 fully saturated rings. The number of carbonyl (C=O) groups excluding carboxylic acids is 1. The lowest BCUT2D eigenvalue weighted by molar-refractivity contribution is 0.0749. The maximum absolute atomic E-state index is 13.0. The molecular weight excluding hydrogens is 324 g/mol. The Labute approximate surface area is 156 Å². The highest BCUT2D eigenvalue weighted by atomic mass is 16.2. The van der Waals surface area contributed by atoms with Crippen LogP contribution in [0.1, 0.15) is 55.4 Å². The maximum atomic E-state index is 13.0. The first kappa shape index (κ1) is 18.4. The summed E-state index contributed by atoms with van der Waals surface area (Å²) in [7, 11) is 0. The third-order valence-corrected chi connectivity index (χ3v) is 4.76. The van der Waals surface area contributed by atoms with Gasteiger partial charge in [-0.1, -0.05) is 32.0 Å². The number of fused-ring (bicyclic) bond motifs is 1. The summed E-state index contributed by atoms with van der Waals surface area (Å²) >= 11 is 0. The molecule has 3 rings (SSSR count). The molecule has 5 nitrogen and oxygen atoms in total. The van der Waals surface area contributed by atoms with Crippen molar-refractivity contribution in [2.24, 2.45) is 0 Å². The molecule has 0 bridgehead atoms. The molecule has 0 N–H and O–H groups in total. The molecule has 1 unspecified atom stereocenters. The van der Waals surface area contributed by atoms with Crippen molar-refractivity contribution in [3.8, 4) is 0 Å². The first-order valence-corrected chi connectivity index (χ1v) is 9.57. The number of aryl methyl sites for hydroxylation is 1. The minimum atomic E-state index is 0.000542. The van der Waals surface area contributed by atoms with Gasteiger partial charge in [-0.2, -0.15) is 0 Å². The molecule has 1 atom stereocenters. The van der Waals surface area contributed by atoms with Gasteiger partial charge in [-0.05, 0) is 50.8 Å². The number of rotatable bonds is 6. The van der Waals surface area contributed by atoms with Crippen LogP contribution >= 0.6 is 0 Å². The maximum Gasteiger partial charge on any atom is 0.272 e. The zero-order valence-electron chi connectivity index (χ0n) is 16.2. The monoisotopic (exact) mass is 352 g/mol. The van der Waals surface area contributed by atoms with Gasteiger partial charge in [0, 0.05) is 30.5 Å². The molecule has 1 aromatic heterocycles. The molecule has 2 aromatic rings. The minimum absolute atomic E-state index is 0.000542. The lowest BCUT2D eigenvalue weighted by Gasteiger charge is -2.25. The Bertz CT molecular complexity index is 783. The van der Waals surface area contributed by atoms with Gasteiger partial charge >= 0.3 is 0 Å². The summed E-state index contributed by atoms with van der Waals surface area (Å²) in [5.74, 6) is 0.624. The third kappa shape index (κ3) is 3.57. The summed E-state index contributed by atoms with van der Waals surface area (Å²) in [6, 6.07) is 10.4. The quantitative estimate of drug-likeness (QED) is 0.784. The van der Waals surface area contributed by atoms with Crippen molar-refractivity contribution < 1.29 is 4.79 Å². The summed E-state index contributed by atoms with van der Waals surface area (Å²) in [5.41, 5.74) is 3.76. The number of nitrogens with zero attached hydrogens (tertiary/aromatic N) is 4. The van der Waals surface area contributed by atoms with E-state index in [0.29, 0.717) is 11.6 Å². The Hall–Kier alpha value is -2.43. The number of para-hydroxylation sites is 1. The third-order valence-electron chi connectivity index (χ3n) is 4.76. The molecule has 0 saturated heterocycles. The van der Waals surface area contributed by atoms with Crippen LogP contribution in [0, 0.1) is 6.92 Å². The number of hydrogen-bond acceptors (Lipinski definition) is 4. The van der Waals surface area contributed by atoms with Crippen molar-refractivity contribution in [1.82, 2.24) is 14.9 Å². The lowest BCUT2D eigenvalue weighted by Crippen LogP contribution is -2.34. The number of anilines is 2. The summed E-state index contributed by atoms with van der Waals surface area (Å²) in [4.78, 5) is 26.4. The van der Waals surface area contributed by atoms with Gasteiger partial charge in [0.1, 0.15) is 5.69 Å². The highest BCUT2D eigenvalue weighted by Gasteiger charge is 2.29. The van der Waals surface area contributed by atoms with E-state index in [1.165, 1.54) is 5.56 Å². The largest absolute Gasteiger partial charge is 0.337 e. The van der Waals surface area contributed by atoms with Gasteiger partial charge in [0.2, 0.25) is 5.95 Å². The molecule has 0 radical (unpaired) electrons. The molecule has 1 aliphatic heterocycles. The van der Waals surface area contributed by atoms with Crippen molar-refractivity contribution >= 4 is 17.5 Å². The van der Waals surface area contributed by atoms with Crippen LogP contribution in [0.2, 0.25) is 0 Å². The first-order chi connectivity index (χ1) is 12.5. The molecule has 1 aliphatic rings. The second-order valence-corrected chi connectivity index (χ2v) is 7.04. The van der Waals surface area contributed by atoms with E-state index >= 15 is 0 Å². The van der Waals surface area contributed by atoms with Gasteiger partial charge < -0.3 is 9.80 Å². The molecule has 5 heteroatoms. The molecule has 1 amide bonds. The van der Waals surface area contributed by atoms with E-state index in [0.717, 1.165) is 43.7 Å². The van der Waals surface area contributed by atoms with Crippen molar-refractivity contribution in [1.29, 1.82) is 0 Å². The number of carbonyl (C=O) groups is 1. The van der Waals surface area contributed by atoms with E-state index in [-0.39, 0.29) is 11.9 Å². The molecule has 0 aliphatic carbocycles. The predicted octanol–water partition coefficient (Wildman–Crippen LogP) is 4.13. The number of aromatic nitrogens is 2. The van der Waals surface area contributed by atoms with E-state index in [9.17, 15) is 4.79 Å². The lowest BCUT2D eigenvalue weighted by atomic mass is 10.1. The fraction of sp³-hybridized carbons (Fsp3) is 0.476. The fourth-order valence-corrected chi connectivity index (χ4v) is 3.66. The van der Waals surface area contributed by atoms with Gasteiger partial charge in [0.25, 0.3) is 5.91 Å². The topological polar surface area (TPSA) is 49.3 Å². The fourth-order valence-electron chi connectivity index (χ4n) is 3.66. The van der Waals surface area contributed by atoms with Crippen molar-refractivity contribution in [2.45, 2.75) is 53.0 Å². The normalized spacial score (nSPS) is 15.8. The summed E-state index contributed by atoms with van der Waals surface area (Å²) in [6.07, 6.45) is 2.85. The molecule has 1 aromatic carbocycles. The SMILES string of the molecule is CCCN(CCC)C(=O)c1cc(C)nc(N2c3ccccc3CC2C)n1. The van der Waals surface area contributed by atoms with Crippen molar-refractivity contribution in [2.75, 3.05) is 18.0 Å². The molecule has 0 saturated carbocycles. The Morgan fingerprint density at radius 1 is 1.19 bits per heavy atom. The van der Waals surface area contributed by atoms with E-state index in [1.807, 2.05) is 17.9 Å². The molecule has 26 heavy (non-hydrogen) atoms. The van der Waals surface area contributed by atoms with Crippen LogP contribution in [0.5, 0.6) is 0 Å². The molecule has 0 spiro atoms. The molecule has 138 valence electrons. The first-order valence-electron chi connectivity index (χ1n) is 9.57. The highest BCUT2D eigenvalue weighted by molar-refractivity contribution is 5.92. The van der Waals surface area contributed by atoms with Crippen LogP contribution in [0.25, 0.3) is 0 Å². The minimum Gasteiger partial charge on any atom is -0.337 e. The number of benzene rings is 1.